The Morgan fingerprint density at radius 2 is 2.20 bits per heavy atom. The van der Waals surface area contributed by atoms with Gasteiger partial charge in [0.15, 0.2) is 0 Å². The Hall–Kier alpha value is -1.46. The van der Waals surface area contributed by atoms with Crippen molar-refractivity contribution < 1.29 is 4.79 Å². The van der Waals surface area contributed by atoms with Gasteiger partial charge in [-0.3, -0.25) is 4.79 Å². The van der Waals surface area contributed by atoms with E-state index < -0.39 is 0 Å². The van der Waals surface area contributed by atoms with Crippen LogP contribution in [0.25, 0.3) is 0 Å². The molecule has 2 nitrogen and oxygen atoms in total. The molecule has 0 bridgehead atoms. The molecule has 0 saturated carbocycles. The van der Waals surface area contributed by atoms with Crippen LogP contribution in [0.15, 0.2) is 24.3 Å². The van der Waals surface area contributed by atoms with Crippen molar-refractivity contribution in [1.82, 2.24) is 0 Å². The van der Waals surface area contributed by atoms with Gasteiger partial charge in [0.1, 0.15) is 0 Å². The van der Waals surface area contributed by atoms with E-state index in [1.807, 2.05) is 12.1 Å². The molecule has 0 aliphatic rings. The summed E-state index contributed by atoms with van der Waals surface area (Å²) >= 11 is 5.49. The average Bonchev–Trinajstić information content (AvgIpc) is 2.27. The van der Waals surface area contributed by atoms with Crippen LogP contribution in [0.4, 0.5) is 5.69 Å². The van der Waals surface area contributed by atoms with Gasteiger partial charge in [0.2, 0.25) is 5.91 Å². The first-order valence-electron chi connectivity index (χ1n) is 4.69. The van der Waals surface area contributed by atoms with Crippen molar-refractivity contribution in [3.8, 4) is 12.3 Å². The van der Waals surface area contributed by atoms with E-state index in [9.17, 15) is 4.79 Å². The van der Waals surface area contributed by atoms with Crippen molar-refractivity contribution in [2.24, 2.45) is 0 Å². The van der Waals surface area contributed by atoms with Gasteiger partial charge in [0.05, 0.1) is 5.69 Å². The predicted molar refractivity (Wildman–Crippen MR) is 63.0 cm³/mol. The fourth-order valence-corrected chi connectivity index (χ4v) is 1.29. The minimum Gasteiger partial charge on any atom is -0.325 e. The van der Waals surface area contributed by atoms with Gasteiger partial charge in [0, 0.05) is 17.9 Å². The van der Waals surface area contributed by atoms with Crippen molar-refractivity contribution in [3.05, 3.63) is 29.8 Å². The first kappa shape index (κ1) is 11.6. The molecule has 0 aliphatic heterocycles. The van der Waals surface area contributed by atoms with E-state index >= 15 is 0 Å². The van der Waals surface area contributed by atoms with E-state index in [4.69, 9.17) is 18.0 Å². The van der Waals surface area contributed by atoms with Gasteiger partial charge in [0.25, 0.3) is 0 Å². The number of para-hydroxylation sites is 1. The van der Waals surface area contributed by atoms with Crippen molar-refractivity contribution in [1.29, 1.82) is 0 Å². The second-order valence-electron chi connectivity index (χ2n) is 3.03. The number of nitrogens with one attached hydrogen (secondary N) is 1. The highest BCUT2D eigenvalue weighted by atomic mass is 35.5. The first-order chi connectivity index (χ1) is 7.27. The molecule has 78 valence electrons. The standard InChI is InChI=1S/C12H12ClNO/c1-2-10-6-3-4-7-11(10)14-12(15)8-5-9-13/h1,3-4,6-7H,5,8-9H2,(H,14,15). The van der Waals surface area contributed by atoms with Gasteiger partial charge in [-0.05, 0) is 18.6 Å². The van der Waals surface area contributed by atoms with Crippen LogP contribution in [-0.2, 0) is 4.79 Å². The van der Waals surface area contributed by atoms with Gasteiger partial charge < -0.3 is 5.32 Å². The minimum absolute atomic E-state index is 0.0571. The summed E-state index contributed by atoms with van der Waals surface area (Å²) in [6, 6.07) is 7.24. The molecule has 15 heavy (non-hydrogen) atoms. The Morgan fingerprint density at radius 1 is 1.47 bits per heavy atom. The lowest BCUT2D eigenvalue weighted by Crippen LogP contribution is -2.12. The third-order valence-electron chi connectivity index (χ3n) is 1.89. The number of carbonyl (C=O) groups is 1. The second kappa shape index (κ2) is 6.10. The maximum Gasteiger partial charge on any atom is 0.224 e. The summed E-state index contributed by atoms with van der Waals surface area (Å²) in [5.41, 5.74) is 1.37. The molecule has 0 aliphatic carbocycles. The maximum absolute atomic E-state index is 11.4. The van der Waals surface area contributed by atoms with Gasteiger partial charge in [-0.2, -0.15) is 0 Å². The summed E-state index contributed by atoms with van der Waals surface area (Å²) in [6.07, 6.45) is 6.40. The smallest absolute Gasteiger partial charge is 0.224 e. The van der Waals surface area contributed by atoms with Crippen LogP contribution in [0, 0.1) is 12.3 Å². The zero-order valence-corrected chi connectivity index (χ0v) is 9.05. The molecule has 0 fully saturated rings. The minimum atomic E-state index is -0.0571. The number of anilines is 1. The SMILES string of the molecule is C#Cc1ccccc1NC(=O)CCCCl. The normalized spacial score (nSPS) is 9.33. The molecule has 1 aromatic carbocycles. The Morgan fingerprint density at radius 3 is 2.87 bits per heavy atom. The number of terminal acetylenes is 1. The quantitative estimate of drug-likeness (QED) is 0.615. The Balaban J connectivity index is 2.64. The van der Waals surface area contributed by atoms with Crippen LogP contribution < -0.4 is 5.32 Å². The van der Waals surface area contributed by atoms with Crippen molar-refractivity contribution in [2.45, 2.75) is 12.8 Å². The summed E-state index contributed by atoms with van der Waals surface area (Å²) in [5, 5.41) is 2.76. The molecule has 0 radical (unpaired) electrons. The van der Waals surface area contributed by atoms with Crippen LogP contribution in [0.1, 0.15) is 18.4 Å². The Kier molecular flexibility index (Phi) is 4.73. The van der Waals surface area contributed by atoms with Crippen molar-refractivity contribution in [2.75, 3.05) is 11.2 Å². The van der Waals surface area contributed by atoms with Crippen LogP contribution in [0.5, 0.6) is 0 Å². The number of benzene rings is 1. The average molecular weight is 222 g/mol. The first-order valence-corrected chi connectivity index (χ1v) is 5.23. The Bertz CT molecular complexity index is 381. The lowest BCUT2D eigenvalue weighted by atomic mass is 10.2. The second-order valence-corrected chi connectivity index (χ2v) is 3.41. The summed E-state index contributed by atoms with van der Waals surface area (Å²) in [5.74, 6) is 2.95. The third-order valence-corrected chi connectivity index (χ3v) is 2.16. The predicted octanol–water partition coefficient (Wildman–Crippen LogP) is 2.63. The molecule has 1 rings (SSSR count). The largest absolute Gasteiger partial charge is 0.325 e. The molecule has 0 atom stereocenters. The topological polar surface area (TPSA) is 29.1 Å². The Labute approximate surface area is 94.6 Å². The van der Waals surface area contributed by atoms with Gasteiger partial charge in [-0.1, -0.05) is 18.1 Å². The number of halogens is 1. The molecule has 1 aromatic rings. The van der Waals surface area contributed by atoms with Crippen LogP contribution in [0.3, 0.4) is 0 Å². The molecule has 3 heteroatoms. The van der Waals surface area contributed by atoms with Crippen LogP contribution >= 0.6 is 11.6 Å². The lowest BCUT2D eigenvalue weighted by Gasteiger charge is -2.06. The van der Waals surface area contributed by atoms with Crippen molar-refractivity contribution >= 4 is 23.2 Å². The summed E-state index contributed by atoms with van der Waals surface area (Å²) in [7, 11) is 0. The highest BCUT2D eigenvalue weighted by Crippen LogP contribution is 2.13. The molecular formula is C12H12ClNO. The molecule has 0 saturated heterocycles. The zero-order valence-electron chi connectivity index (χ0n) is 8.29. The molecule has 0 heterocycles. The molecule has 1 N–H and O–H groups in total. The zero-order chi connectivity index (χ0) is 11.1. The molecular weight excluding hydrogens is 210 g/mol. The number of hydrogen-bond donors (Lipinski definition) is 1. The number of amides is 1. The molecule has 0 spiro atoms. The highest BCUT2D eigenvalue weighted by molar-refractivity contribution is 6.18. The van der Waals surface area contributed by atoms with E-state index in [1.165, 1.54) is 0 Å². The van der Waals surface area contributed by atoms with Gasteiger partial charge in [-0.15, -0.1) is 18.0 Å². The van der Waals surface area contributed by atoms with Gasteiger partial charge in [-0.25, -0.2) is 0 Å². The number of carbonyl (C=O) groups excluding carboxylic acids is 1. The summed E-state index contributed by atoms with van der Waals surface area (Å²) < 4.78 is 0. The van der Waals surface area contributed by atoms with Crippen LogP contribution in [0.2, 0.25) is 0 Å². The van der Waals surface area contributed by atoms with Crippen LogP contribution in [-0.4, -0.2) is 11.8 Å². The van der Waals surface area contributed by atoms with E-state index in [-0.39, 0.29) is 5.91 Å². The van der Waals surface area contributed by atoms with Crippen molar-refractivity contribution in [3.63, 3.8) is 0 Å². The van der Waals surface area contributed by atoms with E-state index in [0.29, 0.717) is 30.0 Å². The fourth-order valence-electron chi connectivity index (χ4n) is 1.16. The maximum atomic E-state index is 11.4. The highest BCUT2D eigenvalue weighted by Gasteiger charge is 2.04. The van der Waals surface area contributed by atoms with E-state index in [0.717, 1.165) is 0 Å². The third kappa shape index (κ3) is 3.65. The molecule has 1 amide bonds. The fraction of sp³-hybridized carbons (Fsp3) is 0.250. The number of rotatable bonds is 4. The summed E-state index contributed by atoms with van der Waals surface area (Å²) in [6.45, 7) is 0. The molecule has 0 unspecified atom stereocenters. The van der Waals surface area contributed by atoms with E-state index in [1.54, 1.807) is 12.1 Å². The monoisotopic (exact) mass is 221 g/mol. The summed E-state index contributed by atoms with van der Waals surface area (Å²) in [4.78, 5) is 11.4. The van der Waals surface area contributed by atoms with E-state index in [2.05, 4.69) is 11.2 Å². The van der Waals surface area contributed by atoms with Gasteiger partial charge >= 0.3 is 0 Å². The number of hydrogen-bond acceptors (Lipinski definition) is 1. The number of alkyl halides is 1. The lowest BCUT2D eigenvalue weighted by molar-refractivity contribution is -0.116. The molecule has 0 aromatic heterocycles.